The Balaban J connectivity index is 2.76. The summed E-state index contributed by atoms with van der Waals surface area (Å²) in [7, 11) is 0. The second kappa shape index (κ2) is 3.31. The number of aliphatic imine (C=N–C) groups is 1. The van der Waals surface area contributed by atoms with Gasteiger partial charge in [0.05, 0.1) is 0 Å². The molecule has 1 aliphatic heterocycles. The number of carbonyl (C=O) groups is 1. The van der Waals surface area contributed by atoms with E-state index in [1.807, 2.05) is 13.8 Å². The molecule has 1 heterocycles. The largest absolute Gasteiger partial charge is 0.391 e. The standard InChI is InChI=1S/C7H13N3O3/c1-4(2)8-6-9-5(12)7(13,3-11)10-6/h4,11,13H,3H2,1-2H3,(H2,8,9,10,12). The van der Waals surface area contributed by atoms with Crippen LogP contribution < -0.4 is 10.6 Å². The number of guanidine groups is 1. The van der Waals surface area contributed by atoms with Crippen LogP contribution in [0.1, 0.15) is 13.8 Å². The monoisotopic (exact) mass is 187 g/mol. The van der Waals surface area contributed by atoms with Gasteiger partial charge in [-0.3, -0.25) is 15.1 Å². The van der Waals surface area contributed by atoms with Crippen molar-refractivity contribution >= 4 is 11.9 Å². The zero-order valence-electron chi connectivity index (χ0n) is 7.53. The first-order valence-electron chi connectivity index (χ1n) is 3.98. The third-order valence-electron chi connectivity index (χ3n) is 1.55. The average Bonchev–Trinajstić information content (AvgIpc) is 2.27. The van der Waals surface area contributed by atoms with Gasteiger partial charge in [-0.05, 0) is 13.8 Å². The van der Waals surface area contributed by atoms with Crippen LogP contribution in [0.5, 0.6) is 0 Å². The van der Waals surface area contributed by atoms with E-state index in [1.165, 1.54) is 0 Å². The van der Waals surface area contributed by atoms with E-state index < -0.39 is 18.2 Å². The van der Waals surface area contributed by atoms with Gasteiger partial charge in [0.1, 0.15) is 6.61 Å². The van der Waals surface area contributed by atoms with E-state index in [4.69, 9.17) is 5.11 Å². The lowest BCUT2D eigenvalue weighted by atomic mass is 10.2. The summed E-state index contributed by atoms with van der Waals surface area (Å²) in [4.78, 5) is 15.0. The summed E-state index contributed by atoms with van der Waals surface area (Å²) in [5.41, 5.74) is -1.92. The second-order valence-corrected chi connectivity index (χ2v) is 3.17. The highest BCUT2D eigenvalue weighted by Gasteiger charge is 2.42. The Labute approximate surface area is 75.7 Å². The van der Waals surface area contributed by atoms with Crippen LogP contribution in [0.25, 0.3) is 0 Å². The fourth-order valence-corrected chi connectivity index (χ4v) is 0.929. The summed E-state index contributed by atoms with van der Waals surface area (Å²) in [5, 5.41) is 22.8. The Morgan fingerprint density at radius 1 is 1.62 bits per heavy atom. The average molecular weight is 187 g/mol. The van der Waals surface area contributed by atoms with Crippen LogP contribution in [0, 0.1) is 0 Å². The topological polar surface area (TPSA) is 94.0 Å². The van der Waals surface area contributed by atoms with Crippen molar-refractivity contribution in [2.45, 2.75) is 25.6 Å². The van der Waals surface area contributed by atoms with Gasteiger partial charge in [0.15, 0.2) is 0 Å². The summed E-state index contributed by atoms with van der Waals surface area (Å²) in [6.07, 6.45) is 0. The molecule has 4 N–H and O–H groups in total. The number of aliphatic hydroxyl groups is 2. The Morgan fingerprint density at radius 2 is 2.23 bits per heavy atom. The highest BCUT2D eigenvalue weighted by molar-refractivity contribution is 6.08. The molecule has 1 fully saturated rings. The van der Waals surface area contributed by atoms with Crippen LogP contribution in [0.2, 0.25) is 0 Å². The molecular formula is C7H13N3O3. The molecule has 1 unspecified atom stereocenters. The fraction of sp³-hybridized carbons (Fsp3) is 0.714. The van der Waals surface area contributed by atoms with Gasteiger partial charge in [0.2, 0.25) is 11.7 Å². The Hall–Kier alpha value is -1.14. The van der Waals surface area contributed by atoms with Crippen LogP contribution in [0.15, 0.2) is 4.99 Å². The first-order chi connectivity index (χ1) is 5.98. The summed E-state index contributed by atoms with van der Waals surface area (Å²) in [6, 6.07) is 0.00356. The predicted molar refractivity (Wildman–Crippen MR) is 45.9 cm³/mol. The van der Waals surface area contributed by atoms with Crippen molar-refractivity contribution in [1.82, 2.24) is 10.6 Å². The van der Waals surface area contributed by atoms with Crippen molar-refractivity contribution in [3.8, 4) is 0 Å². The molecule has 0 radical (unpaired) electrons. The van der Waals surface area contributed by atoms with Crippen molar-refractivity contribution in [3.63, 3.8) is 0 Å². The van der Waals surface area contributed by atoms with Crippen molar-refractivity contribution in [1.29, 1.82) is 0 Å². The first kappa shape index (κ1) is 9.94. The van der Waals surface area contributed by atoms with E-state index in [2.05, 4.69) is 15.6 Å². The third-order valence-corrected chi connectivity index (χ3v) is 1.55. The molecule has 6 nitrogen and oxygen atoms in total. The molecule has 0 spiro atoms. The van der Waals surface area contributed by atoms with Gasteiger partial charge in [-0.15, -0.1) is 0 Å². The van der Waals surface area contributed by atoms with Crippen LogP contribution >= 0.6 is 0 Å². The number of amides is 1. The molecular weight excluding hydrogens is 174 g/mol. The van der Waals surface area contributed by atoms with Gasteiger partial charge in [0, 0.05) is 6.04 Å². The maximum Gasteiger partial charge on any atom is 0.282 e. The number of hydrogen-bond acceptors (Lipinski definition) is 4. The Morgan fingerprint density at radius 3 is 2.62 bits per heavy atom. The molecule has 1 amide bonds. The number of hydrogen-bond donors (Lipinski definition) is 4. The number of nitrogens with one attached hydrogen (secondary N) is 2. The highest BCUT2D eigenvalue weighted by atomic mass is 16.4. The quantitative estimate of drug-likeness (QED) is 0.408. The van der Waals surface area contributed by atoms with E-state index in [1.54, 1.807) is 0 Å². The molecule has 1 aliphatic rings. The van der Waals surface area contributed by atoms with Gasteiger partial charge in [-0.25, -0.2) is 0 Å². The highest BCUT2D eigenvalue weighted by Crippen LogP contribution is 2.05. The number of nitrogens with zero attached hydrogens (tertiary/aromatic N) is 1. The molecule has 0 bridgehead atoms. The molecule has 13 heavy (non-hydrogen) atoms. The Bertz CT molecular complexity index is 251. The van der Waals surface area contributed by atoms with Gasteiger partial charge in [-0.2, -0.15) is 0 Å². The minimum atomic E-state index is -1.92. The molecule has 0 aromatic heterocycles. The minimum Gasteiger partial charge on any atom is -0.391 e. The smallest absolute Gasteiger partial charge is 0.282 e. The molecule has 74 valence electrons. The van der Waals surface area contributed by atoms with Gasteiger partial charge >= 0.3 is 0 Å². The van der Waals surface area contributed by atoms with Crippen molar-refractivity contribution in [2.24, 2.45) is 4.99 Å². The lowest BCUT2D eigenvalue weighted by Gasteiger charge is -2.15. The maximum absolute atomic E-state index is 11.1. The van der Waals surface area contributed by atoms with E-state index in [0.29, 0.717) is 0 Å². The van der Waals surface area contributed by atoms with Crippen LogP contribution in [0.3, 0.4) is 0 Å². The molecule has 1 atom stereocenters. The Kier molecular flexibility index (Phi) is 2.53. The van der Waals surface area contributed by atoms with Crippen molar-refractivity contribution in [2.75, 3.05) is 6.61 Å². The summed E-state index contributed by atoms with van der Waals surface area (Å²) in [6.45, 7) is 2.98. The molecule has 1 saturated heterocycles. The SMILES string of the molecule is CC(C)N=C1NC(=O)C(O)(CO)N1. The number of rotatable bonds is 2. The van der Waals surface area contributed by atoms with E-state index in [0.717, 1.165) is 0 Å². The maximum atomic E-state index is 11.1. The van der Waals surface area contributed by atoms with Crippen molar-refractivity contribution < 1.29 is 15.0 Å². The zero-order valence-corrected chi connectivity index (χ0v) is 7.53. The first-order valence-corrected chi connectivity index (χ1v) is 3.98. The zero-order chi connectivity index (χ0) is 10.1. The second-order valence-electron chi connectivity index (χ2n) is 3.17. The van der Waals surface area contributed by atoms with Crippen molar-refractivity contribution in [3.05, 3.63) is 0 Å². The van der Waals surface area contributed by atoms with Crippen LogP contribution in [0.4, 0.5) is 0 Å². The van der Waals surface area contributed by atoms with Gasteiger partial charge in [0.25, 0.3) is 5.91 Å². The summed E-state index contributed by atoms with van der Waals surface area (Å²) < 4.78 is 0. The van der Waals surface area contributed by atoms with Gasteiger partial charge in [-0.1, -0.05) is 0 Å². The molecule has 6 heteroatoms. The normalized spacial score (nSPS) is 30.8. The molecule has 0 saturated carbocycles. The number of carbonyl (C=O) groups excluding carboxylic acids is 1. The van der Waals surface area contributed by atoms with Crippen LogP contribution in [-0.4, -0.2) is 40.5 Å². The van der Waals surface area contributed by atoms with Gasteiger partial charge < -0.3 is 15.5 Å². The predicted octanol–water partition coefficient (Wildman–Crippen LogP) is -1.85. The van der Waals surface area contributed by atoms with E-state index in [-0.39, 0.29) is 12.0 Å². The molecule has 1 rings (SSSR count). The lowest BCUT2D eigenvalue weighted by molar-refractivity contribution is -0.140. The number of aliphatic hydroxyl groups excluding tert-OH is 1. The van der Waals surface area contributed by atoms with E-state index in [9.17, 15) is 9.90 Å². The molecule has 0 aromatic rings. The fourth-order valence-electron chi connectivity index (χ4n) is 0.929. The third kappa shape index (κ3) is 1.96. The summed E-state index contributed by atoms with van der Waals surface area (Å²) in [5.74, 6) is -0.494. The molecule has 0 aliphatic carbocycles. The molecule has 0 aromatic carbocycles. The van der Waals surface area contributed by atoms with E-state index >= 15 is 0 Å². The lowest BCUT2D eigenvalue weighted by Crippen LogP contribution is -2.50. The minimum absolute atomic E-state index is 0.00356. The summed E-state index contributed by atoms with van der Waals surface area (Å²) >= 11 is 0. The van der Waals surface area contributed by atoms with Crippen LogP contribution in [-0.2, 0) is 4.79 Å².